The molecule has 0 aromatic heterocycles. The van der Waals surface area contributed by atoms with Gasteiger partial charge in [-0.15, -0.1) is 0 Å². The molecule has 0 saturated heterocycles. The molecule has 0 unspecified atom stereocenters. The maximum absolute atomic E-state index is 12.4. The molecule has 1 N–H and O–H groups in total. The SMILES string of the molecule is Cc1ccc(C)c(OCCCC(C)(C)C(=O)NCc2ccccc2)c1. The monoisotopic (exact) mass is 339 g/mol. The zero-order valence-corrected chi connectivity index (χ0v) is 15.8. The van der Waals surface area contributed by atoms with Gasteiger partial charge in [-0.25, -0.2) is 0 Å². The number of hydrogen-bond acceptors (Lipinski definition) is 2. The van der Waals surface area contributed by atoms with Crippen LogP contribution in [-0.4, -0.2) is 12.5 Å². The van der Waals surface area contributed by atoms with Crippen molar-refractivity contribution < 1.29 is 9.53 Å². The number of ether oxygens (including phenoxy) is 1. The van der Waals surface area contributed by atoms with Crippen LogP contribution >= 0.6 is 0 Å². The summed E-state index contributed by atoms with van der Waals surface area (Å²) >= 11 is 0. The predicted molar refractivity (Wildman–Crippen MR) is 103 cm³/mol. The molecule has 25 heavy (non-hydrogen) atoms. The molecule has 2 rings (SSSR count). The molecular weight excluding hydrogens is 310 g/mol. The summed E-state index contributed by atoms with van der Waals surface area (Å²) in [5.41, 5.74) is 3.05. The highest BCUT2D eigenvalue weighted by Crippen LogP contribution is 2.24. The van der Waals surface area contributed by atoms with Crippen LogP contribution in [0.15, 0.2) is 48.5 Å². The van der Waals surface area contributed by atoms with Crippen LogP contribution in [0.5, 0.6) is 5.75 Å². The molecule has 0 fully saturated rings. The average molecular weight is 339 g/mol. The lowest BCUT2D eigenvalue weighted by Gasteiger charge is -2.23. The van der Waals surface area contributed by atoms with Crippen molar-refractivity contribution in [3.8, 4) is 5.75 Å². The van der Waals surface area contributed by atoms with Crippen molar-refractivity contribution in [1.29, 1.82) is 0 Å². The van der Waals surface area contributed by atoms with E-state index in [1.807, 2.05) is 44.2 Å². The van der Waals surface area contributed by atoms with Gasteiger partial charge in [-0.1, -0.05) is 56.3 Å². The highest BCUT2D eigenvalue weighted by molar-refractivity contribution is 5.81. The molecule has 2 aromatic carbocycles. The average Bonchev–Trinajstić information content (AvgIpc) is 2.60. The van der Waals surface area contributed by atoms with Crippen molar-refractivity contribution in [1.82, 2.24) is 5.32 Å². The van der Waals surface area contributed by atoms with Crippen molar-refractivity contribution in [3.63, 3.8) is 0 Å². The predicted octanol–water partition coefficient (Wildman–Crippen LogP) is 4.81. The molecule has 0 aliphatic carbocycles. The lowest BCUT2D eigenvalue weighted by atomic mass is 9.87. The van der Waals surface area contributed by atoms with Crippen LogP contribution in [0.4, 0.5) is 0 Å². The van der Waals surface area contributed by atoms with Gasteiger partial charge < -0.3 is 10.1 Å². The highest BCUT2D eigenvalue weighted by atomic mass is 16.5. The van der Waals surface area contributed by atoms with Gasteiger partial charge in [0.05, 0.1) is 6.61 Å². The Morgan fingerprint density at radius 2 is 1.80 bits per heavy atom. The van der Waals surface area contributed by atoms with Gasteiger partial charge >= 0.3 is 0 Å². The van der Waals surface area contributed by atoms with Crippen LogP contribution in [0.2, 0.25) is 0 Å². The Kier molecular flexibility index (Phi) is 6.63. The summed E-state index contributed by atoms with van der Waals surface area (Å²) in [4.78, 5) is 12.4. The van der Waals surface area contributed by atoms with E-state index in [0.29, 0.717) is 13.2 Å². The third kappa shape index (κ3) is 5.93. The van der Waals surface area contributed by atoms with E-state index >= 15 is 0 Å². The Labute approximate surface area is 151 Å². The molecule has 2 aromatic rings. The molecule has 3 heteroatoms. The Bertz CT molecular complexity index is 692. The zero-order chi connectivity index (χ0) is 18.3. The van der Waals surface area contributed by atoms with Crippen molar-refractivity contribution in [2.45, 2.75) is 47.1 Å². The van der Waals surface area contributed by atoms with Gasteiger partial charge in [-0.2, -0.15) is 0 Å². The fraction of sp³-hybridized carbons (Fsp3) is 0.409. The summed E-state index contributed by atoms with van der Waals surface area (Å²) in [6.45, 7) is 9.29. The Balaban J connectivity index is 1.76. The molecule has 0 heterocycles. The first-order chi connectivity index (χ1) is 11.9. The summed E-state index contributed by atoms with van der Waals surface area (Å²) in [5.74, 6) is 1.02. The second-order valence-electron chi connectivity index (χ2n) is 7.27. The molecule has 0 bridgehead atoms. The van der Waals surface area contributed by atoms with Crippen LogP contribution in [-0.2, 0) is 11.3 Å². The molecule has 134 valence electrons. The fourth-order valence-electron chi connectivity index (χ4n) is 2.69. The molecular formula is C22H29NO2. The van der Waals surface area contributed by atoms with E-state index in [2.05, 4.69) is 37.4 Å². The number of rotatable bonds is 8. The molecule has 1 amide bonds. The number of nitrogens with one attached hydrogen (secondary N) is 1. The second-order valence-corrected chi connectivity index (χ2v) is 7.27. The van der Waals surface area contributed by atoms with E-state index in [1.165, 1.54) is 5.56 Å². The maximum atomic E-state index is 12.4. The molecule has 0 radical (unpaired) electrons. The number of amides is 1. The van der Waals surface area contributed by atoms with Gasteiger partial charge in [-0.05, 0) is 49.4 Å². The first-order valence-corrected chi connectivity index (χ1v) is 8.91. The van der Waals surface area contributed by atoms with Crippen LogP contribution in [0.3, 0.4) is 0 Å². The van der Waals surface area contributed by atoms with E-state index in [4.69, 9.17) is 4.74 Å². The van der Waals surface area contributed by atoms with Gasteiger partial charge in [0.2, 0.25) is 5.91 Å². The van der Waals surface area contributed by atoms with E-state index in [0.717, 1.165) is 29.7 Å². The molecule has 0 atom stereocenters. The van der Waals surface area contributed by atoms with Crippen molar-refractivity contribution in [3.05, 3.63) is 65.2 Å². The van der Waals surface area contributed by atoms with Crippen molar-refractivity contribution >= 4 is 5.91 Å². The summed E-state index contributed by atoms with van der Waals surface area (Å²) in [6.07, 6.45) is 1.64. The second kappa shape index (κ2) is 8.70. The normalized spacial score (nSPS) is 11.2. The standard InChI is InChI=1S/C22H29NO2/c1-17-11-12-18(2)20(15-17)25-14-8-13-22(3,4)21(24)23-16-19-9-6-5-7-10-19/h5-7,9-12,15H,8,13-14,16H2,1-4H3,(H,23,24). The minimum Gasteiger partial charge on any atom is -0.493 e. The number of carbonyl (C=O) groups is 1. The van der Waals surface area contributed by atoms with Gasteiger partial charge in [0.1, 0.15) is 5.75 Å². The fourth-order valence-corrected chi connectivity index (χ4v) is 2.69. The van der Waals surface area contributed by atoms with Crippen LogP contribution < -0.4 is 10.1 Å². The van der Waals surface area contributed by atoms with Crippen LogP contribution in [0.1, 0.15) is 43.4 Å². The summed E-state index contributed by atoms with van der Waals surface area (Å²) < 4.78 is 5.89. The summed E-state index contributed by atoms with van der Waals surface area (Å²) in [7, 11) is 0. The third-order valence-electron chi connectivity index (χ3n) is 4.46. The molecule has 0 spiro atoms. The maximum Gasteiger partial charge on any atom is 0.225 e. The molecule has 0 aliphatic rings. The lowest BCUT2D eigenvalue weighted by molar-refractivity contribution is -0.130. The van der Waals surface area contributed by atoms with Crippen LogP contribution in [0.25, 0.3) is 0 Å². The van der Waals surface area contributed by atoms with Crippen molar-refractivity contribution in [2.75, 3.05) is 6.61 Å². The smallest absolute Gasteiger partial charge is 0.225 e. The highest BCUT2D eigenvalue weighted by Gasteiger charge is 2.26. The van der Waals surface area contributed by atoms with Gasteiger partial charge in [0.15, 0.2) is 0 Å². The summed E-state index contributed by atoms with van der Waals surface area (Å²) in [5, 5.41) is 3.03. The largest absolute Gasteiger partial charge is 0.493 e. The topological polar surface area (TPSA) is 38.3 Å². The summed E-state index contributed by atoms with van der Waals surface area (Å²) in [6, 6.07) is 16.2. The number of carbonyl (C=O) groups excluding carboxylic acids is 1. The zero-order valence-electron chi connectivity index (χ0n) is 15.8. The minimum atomic E-state index is -0.403. The number of aryl methyl sites for hydroxylation is 2. The third-order valence-corrected chi connectivity index (χ3v) is 4.46. The van der Waals surface area contributed by atoms with Gasteiger partial charge in [0, 0.05) is 12.0 Å². The first kappa shape index (κ1) is 19.0. The quantitative estimate of drug-likeness (QED) is 0.701. The van der Waals surface area contributed by atoms with E-state index < -0.39 is 5.41 Å². The van der Waals surface area contributed by atoms with E-state index in [1.54, 1.807) is 0 Å². The van der Waals surface area contributed by atoms with E-state index in [9.17, 15) is 4.79 Å². The first-order valence-electron chi connectivity index (χ1n) is 8.91. The van der Waals surface area contributed by atoms with E-state index in [-0.39, 0.29) is 5.91 Å². The Morgan fingerprint density at radius 1 is 1.08 bits per heavy atom. The number of hydrogen-bond donors (Lipinski definition) is 1. The Morgan fingerprint density at radius 3 is 2.52 bits per heavy atom. The number of benzene rings is 2. The van der Waals surface area contributed by atoms with Gasteiger partial charge in [-0.3, -0.25) is 4.79 Å². The molecule has 0 saturated carbocycles. The van der Waals surface area contributed by atoms with Crippen molar-refractivity contribution in [2.24, 2.45) is 5.41 Å². The molecule has 0 aliphatic heterocycles. The molecule has 3 nitrogen and oxygen atoms in total. The van der Waals surface area contributed by atoms with Crippen LogP contribution in [0, 0.1) is 19.3 Å². The minimum absolute atomic E-state index is 0.0862. The van der Waals surface area contributed by atoms with Gasteiger partial charge in [0.25, 0.3) is 0 Å². The lowest BCUT2D eigenvalue weighted by Crippen LogP contribution is -2.36. The Hall–Kier alpha value is -2.29.